The molecule has 0 aliphatic carbocycles. The van der Waals surface area contributed by atoms with Crippen molar-refractivity contribution in [2.75, 3.05) is 17.9 Å². The molecule has 1 N–H and O–H groups in total. The van der Waals surface area contributed by atoms with Crippen molar-refractivity contribution < 1.29 is 18.0 Å². The molecule has 0 aliphatic rings. The molecule has 10 heteroatoms. The van der Waals surface area contributed by atoms with E-state index in [-0.39, 0.29) is 23.8 Å². The molecule has 4 aromatic rings. The van der Waals surface area contributed by atoms with Gasteiger partial charge in [-0.25, -0.2) is 8.42 Å². The Bertz CT molecular complexity index is 1610. The zero-order valence-corrected chi connectivity index (χ0v) is 27.2. The van der Waals surface area contributed by atoms with Crippen LogP contribution in [-0.2, 0) is 32.6 Å². The zero-order chi connectivity index (χ0) is 30.3. The molecule has 0 bridgehead atoms. The highest BCUT2D eigenvalue weighted by Crippen LogP contribution is 2.27. The van der Waals surface area contributed by atoms with Crippen LogP contribution in [0.4, 0.5) is 5.69 Å². The fourth-order valence-corrected chi connectivity index (χ4v) is 6.42. The molecule has 218 valence electrons. The molecule has 0 fully saturated rings. The molecule has 0 saturated heterocycles. The number of rotatable bonds is 11. The summed E-state index contributed by atoms with van der Waals surface area (Å²) in [5, 5.41) is 2.69. The number of hydrogen-bond acceptors (Lipinski definition) is 4. The average molecular weight is 713 g/mol. The summed E-state index contributed by atoms with van der Waals surface area (Å²) in [4.78, 5) is 29.1. The van der Waals surface area contributed by atoms with Gasteiger partial charge in [-0.3, -0.25) is 13.9 Å². The van der Waals surface area contributed by atoms with Crippen molar-refractivity contribution in [2.24, 2.45) is 0 Å². The molecular weight excluding hydrogens is 682 g/mol. The first kappa shape index (κ1) is 31.5. The summed E-state index contributed by atoms with van der Waals surface area (Å²) in [6.07, 6.45) is 0.256. The number of amides is 2. The number of carbonyl (C=O) groups is 2. The smallest absolute Gasteiger partial charge is 0.264 e. The van der Waals surface area contributed by atoms with Gasteiger partial charge in [0.15, 0.2) is 0 Å². The molecule has 42 heavy (non-hydrogen) atoms. The molecule has 0 radical (unpaired) electrons. The van der Waals surface area contributed by atoms with E-state index in [0.717, 1.165) is 29.9 Å². The van der Waals surface area contributed by atoms with Crippen molar-refractivity contribution >= 4 is 59.4 Å². The standard InChI is InChI=1S/C32H31Br2N3O4S/c1-23-8-18-29(19-9-23)42(40,41)37(28-16-14-27(34)15-17-28)22-31(38)36(21-25-10-12-26(33)13-11-25)30(32(39)35-2)20-24-6-4-3-5-7-24/h3-19,30H,20-22H2,1-2H3,(H,35,39). The summed E-state index contributed by atoms with van der Waals surface area (Å²) in [6.45, 7) is 1.48. The minimum Gasteiger partial charge on any atom is -0.357 e. The van der Waals surface area contributed by atoms with Crippen LogP contribution in [-0.4, -0.2) is 44.8 Å². The molecule has 4 aromatic carbocycles. The Morgan fingerprint density at radius 2 is 1.36 bits per heavy atom. The van der Waals surface area contributed by atoms with Crippen molar-refractivity contribution in [3.8, 4) is 0 Å². The number of anilines is 1. The van der Waals surface area contributed by atoms with Crippen LogP contribution in [0.15, 0.2) is 117 Å². The third-order valence-corrected chi connectivity index (χ3v) is 9.63. The van der Waals surface area contributed by atoms with Gasteiger partial charge in [-0.15, -0.1) is 0 Å². The molecule has 1 atom stereocenters. The topological polar surface area (TPSA) is 86.8 Å². The van der Waals surface area contributed by atoms with E-state index in [9.17, 15) is 18.0 Å². The molecule has 4 rings (SSSR count). The van der Waals surface area contributed by atoms with E-state index in [1.807, 2.05) is 61.5 Å². The Morgan fingerprint density at radius 3 is 1.93 bits per heavy atom. The largest absolute Gasteiger partial charge is 0.357 e. The first-order valence-electron chi connectivity index (χ1n) is 13.2. The summed E-state index contributed by atoms with van der Waals surface area (Å²) in [5.41, 5.74) is 2.91. The summed E-state index contributed by atoms with van der Waals surface area (Å²) in [6, 6.07) is 29.2. The second kappa shape index (κ2) is 14.1. The molecule has 0 saturated carbocycles. The third kappa shape index (κ3) is 7.87. The maximum Gasteiger partial charge on any atom is 0.264 e. The first-order valence-corrected chi connectivity index (χ1v) is 16.3. The second-order valence-corrected chi connectivity index (χ2v) is 13.5. The van der Waals surface area contributed by atoms with Crippen LogP contribution >= 0.6 is 31.9 Å². The Morgan fingerprint density at radius 1 is 0.786 bits per heavy atom. The van der Waals surface area contributed by atoms with Crippen molar-refractivity contribution in [1.82, 2.24) is 10.2 Å². The Hall–Kier alpha value is -3.47. The van der Waals surface area contributed by atoms with E-state index in [2.05, 4.69) is 37.2 Å². The highest BCUT2D eigenvalue weighted by atomic mass is 79.9. The minimum atomic E-state index is -4.14. The van der Waals surface area contributed by atoms with E-state index in [4.69, 9.17) is 0 Å². The number of carbonyl (C=O) groups excluding carboxylic acids is 2. The SMILES string of the molecule is CNC(=O)C(Cc1ccccc1)N(Cc1ccc(Br)cc1)C(=O)CN(c1ccc(Br)cc1)S(=O)(=O)c1ccc(C)cc1. The number of likely N-dealkylation sites (N-methyl/N-ethyl adjacent to an activating group) is 1. The second-order valence-electron chi connectivity index (χ2n) is 9.77. The van der Waals surface area contributed by atoms with Crippen molar-refractivity contribution in [3.63, 3.8) is 0 Å². The lowest BCUT2D eigenvalue weighted by Gasteiger charge is -2.33. The number of benzene rings is 4. The number of sulfonamides is 1. The number of halogens is 2. The van der Waals surface area contributed by atoms with Crippen LogP contribution in [0.25, 0.3) is 0 Å². The predicted octanol–water partition coefficient (Wildman–Crippen LogP) is 6.10. The monoisotopic (exact) mass is 711 g/mol. The number of nitrogens with zero attached hydrogens (tertiary/aromatic N) is 2. The highest BCUT2D eigenvalue weighted by molar-refractivity contribution is 9.10. The molecule has 2 amide bonds. The van der Waals surface area contributed by atoms with E-state index in [0.29, 0.717) is 5.69 Å². The van der Waals surface area contributed by atoms with Crippen LogP contribution in [0.1, 0.15) is 16.7 Å². The summed E-state index contributed by atoms with van der Waals surface area (Å²) < 4.78 is 30.7. The van der Waals surface area contributed by atoms with E-state index < -0.39 is 28.5 Å². The van der Waals surface area contributed by atoms with Gasteiger partial charge in [0.1, 0.15) is 12.6 Å². The minimum absolute atomic E-state index is 0.0652. The average Bonchev–Trinajstić information content (AvgIpc) is 2.99. The molecule has 0 heterocycles. The van der Waals surface area contributed by atoms with Gasteiger partial charge >= 0.3 is 0 Å². The lowest BCUT2D eigenvalue weighted by atomic mass is 10.0. The summed E-state index contributed by atoms with van der Waals surface area (Å²) in [7, 11) is -2.61. The number of aryl methyl sites for hydroxylation is 1. The summed E-state index contributed by atoms with van der Waals surface area (Å²) in [5.74, 6) is -0.859. The molecule has 0 aromatic heterocycles. The van der Waals surface area contributed by atoms with Gasteiger partial charge in [0, 0.05) is 29.0 Å². The van der Waals surface area contributed by atoms with Gasteiger partial charge in [0.05, 0.1) is 10.6 Å². The van der Waals surface area contributed by atoms with Crippen LogP contribution in [0.2, 0.25) is 0 Å². The van der Waals surface area contributed by atoms with Crippen LogP contribution in [0, 0.1) is 6.92 Å². The van der Waals surface area contributed by atoms with Crippen molar-refractivity contribution in [1.29, 1.82) is 0 Å². The lowest BCUT2D eigenvalue weighted by Crippen LogP contribution is -2.53. The van der Waals surface area contributed by atoms with Gasteiger partial charge < -0.3 is 10.2 Å². The maximum atomic E-state index is 14.3. The van der Waals surface area contributed by atoms with E-state index in [1.165, 1.54) is 24.1 Å². The maximum absolute atomic E-state index is 14.3. The van der Waals surface area contributed by atoms with Gasteiger partial charge in [0.2, 0.25) is 11.8 Å². The number of nitrogens with one attached hydrogen (secondary N) is 1. The normalized spacial score (nSPS) is 11.9. The Kier molecular flexibility index (Phi) is 10.6. The quantitative estimate of drug-likeness (QED) is 0.204. The fourth-order valence-electron chi connectivity index (χ4n) is 4.48. The Labute approximate surface area is 263 Å². The van der Waals surface area contributed by atoms with Crippen molar-refractivity contribution in [2.45, 2.75) is 30.8 Å². The lowest BCUT2D eigenvalue weighted by molar-refractivity contribution is -0.139. The third-order valence-electron chi connectivity index (χ3n) is 6.79. The van der Waals surface area contributed by atoms with Gasteiger partial charge in [-0.1, -0.05) is 92.0 Å². The summed E-state index contributed by atoms with van der Waals surface area (Å²) >= 11 is 6.84. The van der Waals surface area contributed by atoms with Crippen LogP contribution in [0.3, 0.4) is 0 Å². The fraction of sp³-hybridized carbons (Fsp3) is 0.188. The molecule has 1 unspecified atom stereocenters. The Balaban J connectivity index is 1.77. The van der Waals surface area contributed by atoms with Gasteiger partial charge in [-0.2, -0.15) is 0 Å². The zero-order valence-electron chi connectivity index (χ0n) is 23.2. The van der Waals surface area contributed by atoms with Crippen LogP contribution in [0.5, 0.6) is 0 Å². The van der Waals surface area contributed by atoms with Gasteiger partial charge in [-0.05, 0) is 66.6 Å². The number of hydrogen-bond donors (Lipinski definition) is 1. The van der Waals surface area contributed by atoms with Crippen LogP contribution < -0.4 is 9.62 Å². The van der Waals surface area contributed by atoms with E-state index in [1.54, 1.807) is 36.4 Å². The van der Waals surface area contributed by atoms with E-state index >= 15 is 0 Å². The first-order chi connectivity index (χ1) is 20.1. The predicted molar refractivity (Wildman–Crippen MR) is 173 cm³/mol. The molecule has 7 nitrogen and oxygen atoms in total. The molecular formula is C32H31Br2N3O4S. The molecule has 0 aliphatic heterocycles. The van der Waals surface area contributed by atoms with Gasteiger partial charge in [0.25, 0.3) is 10.0 Å². The van der Waals surface area contributed by atoms with Crippen molar-refractivity contribution in [3.05, 3.63) is 129 Å². The molecule has 0 spiro atoms. The highest BCUT2D eigenvalue weighted by Gasteiger charge is 2.34.